The maximum Gasteiger partial charge on any atom is 0.220 e. The molecule has 2 aromatic heterocycles. The molecule has 1 N–H and O–H groups in total. The topological polar surface area (TPSA) is 75.4 Å². The molecule has 1 unspecified atom stereocenters. The highest BCUT2D eigenvalue weighted by Crippen LogP contribution is 2.28. The van der Waals surface area contributed by atoms with Gasteiger partial charge in [0.1, 0.15) is 0 Å². The van der Waals surface area contributed by atoms with Gasteiger partial charge in [0.05, 0.1) is 5.69 Å². The molecule has 0 saturated carbocycles. The number of amides is 1. The summed E-state index contributed by atoms with van der Waals surface area (Å²) in [6, 6.07) is 4.38. The lowest BCUT2D eigenvalue weighted by Gasteiger charge is -2.33. The fourth-order valence-electron chi connectivity index (χ4n) is 4.33. The van der Waals surface area contributed by atoms with E-state index in [4.69, 9.17) is 5.10 Å². The van der Waals surface area contributed by atoms with E-state index in [9.17, 15) is 4.79 Å². The summed E-state index contributed by atoms with van der Waals surface area (Å²) in [5.74, 6) is 1.59. The molecule has 2 aromatic rings. The molecule has 0 aromatic carbocycles. The van der Waals surface area contributed by atoms with E-state index in [2.05, 4.69) is 47.3 Å². The number of hydrogen-bond acceptors (Lipinski definition) is 5. The standard InChI is InChI=1S/C21H32N6O/c1-21(2,3)17-8-9-18-23-24-20(27(18)25-17)15-10-12-26(13-11-15)14-16-6-4-5-7-19(28)22-16/h8-9,15-16H,4-7,10-14H2,1-3H3,(H,22,28). The van der Waals surface area contributed by atoms with Crippen LogP contribution in [0, 0.1) is 0 Å². The molecule has 0 radical (unpaired) electrons. The van der Waals surface area contributed by atoms with E-state index in [-0.39, 0.29) is 11.3 Å². The third-order valence-electron chi connectivity index (χ3n) is 6.06. The van der Waals surface area contributed by atoms with Gasteiger partial charge in [-0.3, -0.25) is 4.79 Å². The molecule has 2 saturated heterocycles. The molecule has 28 heavy (non-hydrogen) atoms. The Kier molecular flexibility index (Phi) is 5.36. The minimum Gasteiger partial charge on any atom is -0.352 e. The molecule has 0 aliphatic carbocycles. The van der Waals surface area contributed by atoms with Gasteiger partial charge in [0.2, 0.25) is 5.91 Å². The van der Waals surface area contributed by atoms with Crippen LogP contribution in [0.25, 0.3) is 5.65 Å². The zero-order chi connectivity index (χ0) is 19.7. The predicted octanol–water partition coefficient (Wildman–Crippen LogP) is 2.66. The maximum absolute atomic E-state index is 11.8. The average Bonchev–Trinajstić information content (AvgIpc) is 2.97. The Bertz CT molecular complexity index is 831. The Hall–Kier alpha value is -2.02. The van der Waals surface area contributed by atoms with Gasteiger partial charge in [0.25, 0.3) is 0 Å². The summed E-state index contributed by atoms with van der Waals surface area (Å²) in [7, 11) is 0. The van der Waals surface area contributed by atoms with Crippen molar-refractivity contribution >= 4 is 11.6 Å². The Balaban J connectivity index is 1.41. The molecule has 0 spiro atoms. The predicted molar refractivity (Wildman–Crippen MR) is 108 cm³/mol. The lowest BCUT2D eigenvalue weighted by molar-refractivity contribution is -0.121. The number of likely N-dealkylation sites (tertiary alicyclic amines) is 1. The maximum atomic E-state index is 11.8. The molecular formula is C21H32N6O. The van der Waals surface area contributed by atoms with Crippen LogP contribution in [0.4, 0.5) is 0 Å². The van der Waals surface area contributed by atoms with Crippen molar-refractivity contribution in [2.24, 2.45) is 0 Å². The number of nitrogens with one attached hydrogen (secondary N) is 1. The summed E-state index contributed by atoms with van der Waals surface area (Å²) < 4.78 is 1.95. The molecule has 2 aliphatic rings. The monoisotopic (exact) mass is 384 g/mol. The van der Waals surface area contributed by atoms with Crippen molar-refractivity contribution in [3.05, 3.63) is 23.7 Å². The molecular weight excluding hydrogens is 352 g/mol. The average molecular weight is 385 g/mol. The minimum absolute atomic E-state index is 0.00222. The molecule has 1 atom stereocenters. The van der Waals surface area contributed by atoms with Gasteiger partial charge in [-0.15, -0.1) is 10.2 Å². The van der Waals surface area contributed by atoms with Crippen LogP contribution in [0.3, 0.4) is 0 Å². The van der Waals surface area contributed by atoms with Gasteiger partial charge >= 0.3 is 0 Å². The number of carbonyl (C=O) groups is 1. The smallest absolute Gasteiger partial charge is 0.220 e. The van der Waals surface area contributed by atoms with E-state index >= 15 is 0 Å². The summed E-state index contributed by atoms with van der Waals surface area (Å²) in [5.41, 5.74) is 1.89. The summed E-state index contributed by atoms with van der Waals surface area (Å²) >= 11 is 0. The van der Waals surface area contributed by atoms with Crippen molar-refractivity contribution in [1.29, 1.82) is 0 Å². The lowest BCUT2D eigenvalue weighted by Crippen LogP contribution is -2.45. The molecule has 7 heteroatoms. The number of carbonyl (C=O) groups excluding carboxylic acids is 1. The van der Waals surface area contributed by atoms with Crippen molar-refractivity contribution in [1.82, 2.24) is 30.0 Å². The number of hydrogen-bond donors (Lipinski definition) is 1. The molecule has 2 aliphatic heterocycles. The summed E-state index contributed by atoms with van der Waals surface area (Å²) in [5, 5.41) is 16.9. The second kappa shape index (κ2) is 7.78. The van der Waals surface area contributed by atoms with Crippen LogP contribution < -0.4 is 5.32 Å². The van der Waals surface area contributed by atoms with E-state index in [0.717, 1.165) is 68.9 Å². The normalized spacial score (nSPS) is 23.0. The van der Waals surface area contributed by atoms with Crippen LogP contribution in [0.1, 0.15) is 76.7 Å². The van der Waals surface area contributed by atoms with Gasteiger partial charge in [0, 0.05) is 30.3 Å². The highest BCUT2D eigenvalue weighted by molar-refractivity contribution is 5.76. The zero-order valence-electron chi connectivity index (χ0n) is 17.3. The number of piperidine rings is 1. The number of nitrogens with zero attached hydrogens (tertiary/aromatic N) is 5. The van der Waals surface area contributed by atoms with Gasteiger partial charge < -0.3 is 10.2 Å². The fraction of sp³-hybridized carbons (Fsp3) is 0.714. The largest absolute Gasteiger partial charge is 0.352 e. The molecule has 1 amide bonds. The van der Waals surface area contributed by atoms with Crippen LogP contribution in [0.5, 0.6) is 0 Å². The first-order valence-electron chi connectivity index (χ1n) is 10.6. The van der Waals surface area contributed by atoms with E-state index < -0.39 is 0 Å². The molecule has 0 bridgehead atoms. The Morgan fingerprint density at radius 1 is 1.11 bits per heavy atom. The van der Waals surface area contributed by atoms with Gasteiger partial charge in [-0.1, -0.05) is 27.2 Å². The van der Waals surface area contributed by atoms with E-state index in [1.165, 1.54) is 0 Å². The first kappa shape index (κ1) is 19.3. The number of rotatable bonds is 3. The van der Waals surface area contributed by atoms with Gasteiger partial charge in [-0.2, -0.15) is 9.61 Å². The lowest BCUT2D eigenvalue weighted by atomic mass is 9.92. The summed E-state index contributed by atoms with van der Waals surface area (Å²) in [6.45, 7) is 9.56. The van der Waals surface area contributed by atoms with E-state index in [1.54, 1.807) is 0 Å². The zero-order valence-corrected chi connectivity index (χ0v) is 17.3. The van der Waals surface area contributed by atoms with Crippen LogP contribution in [0.15, 0.2) is 12.1 Å². The first-order valence-corrected chi connectivity index (χ1v) is 10.6. The molecule has 4 heterocycles. The molecule has 152 valence electrons. The summed E-state index contributed by atoms with van der Waals surface area (Å²) in [6.07, 6.45) is 6.06. The highest BCUT2D eigenvalue weighted by atomic mass is 16.1. The minimum atomic E-state index is 0.00222. The van der Waals surface area contributed by atoms with Crippen molar-refractivity contribution in [3.8, 4) is 0 Å². The molecule has 7 nitrogen and oxygen atoms in total. The third kappa shape index (κ3) is 4.19. The van der Waals surface area contributed by atoms with E-state index in [0.29, 0.717) is 18.4 Å². The first-order chi connectivity index (χ1) is 13.4. The van der Waals surface area contributed by atoms with E-state index in [1.807, 2.05) is 10.6 Å². The summed E-state index contributed by atoms with van der Waals surface area (Å²) in [4.78, 5) is 14.3. The molecule has 4 rings (SSSR count). The number of fused-ring (bicyclic) bond motifs is 1. The Morgan fingerprint density at radius 2 is 1.89 bits per heavy atom. The van der Waals surface area contributed by atoms with Gasteiger partial charge in [-0.05, 0) is 50.9 Å². The molecule has 2 fully saturated rings. The van der Waals surface area contributed by atoms with Gasteiger partial charge in [0.15, 0.2) is 11.5 Å². The van der Waals surface area contributed by atoms with Crippen LogP contribution >= 0.6 is 0 Å². The SMILES string of the molecule is CC(C)(C)c1ccc2nnc(C3CCN(CC4CCCCC(=O)N4)CC3)n2n1. The van der Waals surface area contributed by atoms with Gasteiger partial charge in [-0.25, -0.2) is 0 Å². The van der Waals surface area contributed by atoms with Crippen molar-refractivity contribution < 1.29 is 4.79 Å². The Labute approximate surface area is 166 Å². The highest BCUT2D eigenvalue weighted by Gasteiger charge is 2.28. The number of aromatic nitrogens is 4. The van der Waals surface area contributed by atoms with Crippen LogP contribution in [-0.2, 0) is 10.2 Å². The van der Waals surface area contributed by atoms with Crippen molar-refractivity contribution in [2.75, 3.05) is 19.6 Å². The second-order valence-corrected chi connectivity index (χ2v) is 9.38. The van der Waals surface area contributed by atoms with Crippen molar-refractivity contribution in [2.45, 2.75) is 76.7 Å². The van der Waals surface area contributed by atoms with Crippen LogP contribution in [-0.4, -0.2) is 56.3 Å². The Morgan fingerprint density at radius 3 is 2.64 bits per heavy atom. The third-order valence-corrected chi connectivity index (χ3v) is 6.06. The van der Waals surface area contributed by atoms with Crippen molar-refractivity contribution in [3.63, 3.8) is 0 Å². The second-order valence-electron chi connectivity index (χ2n) is 9.38. The quantitative estimate of drug-likeness (QED) is 0.880. The fourth-order valence-corrected chi connectivity index (χ4v) is 4.33. The van der Waals surface area contributed by atoms with Crippen LogP contribution in [0.2, 0.25) is 0 Å².